The lowest BCUT2D eigenvalue weighted by Crippen LogP contribution is -2.37. The van der Waals surface area contributed by atoms with E-state index in [0.29, 0.717) is 16.7 Å². The van der Waals surface area contributed by atoms with E-state index in [1.54, 1.807) is 23.6 Å². The number of rotatable bonds is 6. The van der Waals surface area contributed by atoms with E-state index < -0.39 is 6.23 Å². The third kappa shape index (κ3) is 3.92. The summed E-state index contributed by atoms with van der Waals surface area (Å²) in [7, 11) is 1.93. The van der Waals surface area contributed by atoms with E-state index in [4.69, 9.17) is 4.74 Å². The molecule has 7 nitrogen and oxygen atoms in total. The summed E-state index contributed by atoms with van der Waals surface area (Å²) >= 11 is 1.58. The van der Waals surface area contributed by atoms with Crippen molar-refractivity contribution in [2.45, 2.75) is 44.5 Å². The molecule has 156 valence electrons. The Kier molecular flexibility index (Phi) is 6.03. The van der Waals surface area contributed by atoms with Crippen molar-refractivity contribution in [1.29, 1.82) is 0 Å². The van der Waals surface area contributed by atoms with Gasteiger partial charge in [0.2, 0.25) is 23.2 Å². The molecule has 3 aromatic rings. The highest BCUT2D eigenvalue weighted by Crippen LogP contribution is 2.43. The fourth-order valence-electron chi connectivity index (χ4n) is 3.55. The van der Waals surface area contributed by atoms with E-state index in [-0.39, 0.29) is 5.91 Å². The highest BCUT2D eigenvalue weighted by atomic mass is 32.2. The third-order valence-electron chi connectivity index (χ3n) is 5.07. The lowest BCUT2D eigenvalue weighted by Gasteiger charge is -2.29. The van der Waals surface area contributed by atoms with Crippen LogP contribution in [0.2, 0.25) is 0 Å². The van der Waals surface area contributed by atoms with Crippen LogP contribution < -0.4 is 9.64 Å². The van der Waals surface area contributed by atoms with Crippen molar-refractivity contribution < 1.29 is 9.53 Å². The van der Waals surface area contributed by atoms with Crippen molar-refractivity contribution in [2.24, 2.45) is 7.05 Å². The van der Waals surface area contributed by atoms with Crippen molar-refractivity contribution in [3.05, 3.63) is 48.3 Å². The quantitative estimate of drug-likeness (QED) is 0.426. The van der Waals surface area contributed by atoms with Crippen molar-refractivity contribution in [3.8, 4) is 17.1 Å². The number of hydrogen-bond donors (Lipinski definition) is 0. The van der Waals surface area contributed by atoms with Gasteiger partial charge in [-0.15, -0.1) is 10.2 Å². The van der Waals surface area contributed by atoms with Gasteiger partial charge in [-0.1, -0.05) is 49.7 Å². The molecular weight excluding hydrogens is 398 g/mol. The summed E-state index contributed by atoms with van der Waals surface area (Å²) in [6.07, 6.45) is 4.73. The van der Waals surface area contributed by atoms with Gasteiger partial charge >= 0.3 is 0 Å². The maximum atomic E-state index is 12.7. The number of carbonyl (C=O) groups excluding carboxylic acids is 1. The average molecular weight is 424 g/mol. The standard InChI is InChI=1S/C22H25N5O2S/c1-4-5-8-14-30-22-23-20-19(24-25-22)16-10-6-7-11-17(16)27(15(2)28)21(29-20)18-12-9-13-26(18)3/h6-7,9-13,21H,4-5,8,14H2,1-3H3/t21-/m1/s1. The molecule has 0 fully saturated rings. The molecule has 8 heteroatoms. The first-order valence-corrected chi connectivity index (χ1v) is 11.1. The first-order chi connectivity index (χ1) is 14.6. The van der Waals surface area contributed by atoms with Crippen molar-refractivity contribution >= 4 is 23.4 Å². The van der Waals surface area contributed by atoms with Gasteiger partial charge in [-0.2, -0.15) is 4.98 Å². The van der Waals surface area contributed by atoms with Crippen LogP contribution in [0.3, 0.4) is 0 Å². The number of unbranched alkanes of at least 4 members (excludes halogenated alkanes) is 2. The number of para-hydroxylation sites is 1. The van der Waals surface area contributed by atoms with Crippen LogP contribution >= 0.6 is 11.8 Å². The van der Waals surface area contributed by atoms with Gasteiger partial charge in [0, 0.05) is 31.5 Å². The molecule has 0 radical (unpaired) electrons. The Bertz CT molecular complexity index is 1050. The third-order valence-corrected chi connectivity index (χ3v) is 5.99. The number of hydrogen-bond acceptors (Lipinski definition) is 6. The second-order valence-electron chi connectivity index (χ2n) is 7.22. The number of aromatic nitrogens is 4. The van der Waals surface area contributed by atoms with E-state index in [1.165, 1.54) is 12.8 Å². The van der Waals surface area contributed by atoms with E-state index in [2.05, 4.69) is 22.1 Å². The first kappa shape index (κ1) is 20.4. The van der Waals surface area contributed by atoms with Crippen LogP contribution in [0.25, 0.3) is 11.3 Å². The van der Waals surface area contributed by atoms with Gasteiger partial charge in [0.25, 0.3) is 0 Å². The summed E-state index contributed by atoms with van der Waals surface area (Å²) in [5, 5.41) is 9.35. The summed E-state index contributed by atoms with van der Waals surface area (Å²) in [4.78, 5) is 19.1. The van der Waals surface area contributed by atoms with Crippen LogP contribution in [0.5, 0.6) is 5.88 Å². The molecule has 0 unspecified atom stereocenters. The summed E-state index contributed by atoms with van der Waals surface area (Å²) in [6.45, 7) is 3.72. The number of aryl methyl sites for hydroxylation is 1. The Morgan fingerprint density at radius 1 is 1.17 bits per heavy atom. The highest BCUT2D eigenvalue weighted by Gasteiger charge is 2.35. The largest absolute Gasteiger partial charge is 0.445 e. The predicted molar refractivity (Wildman–Crippen MR) is 117 cm³/mol. The van der Waals surface area contributed by atoms with Crippen LogP contribution in [0.15, 0.2) is 47.8 Å². The second-order valence-corrected chi connectivity index (χ2v) is 8.29. The fourth-order valence-corrected chi connectivity index (χ4v) is 4.33. The Morgan fingerprint density at radius 2 is 2.00 bits per heavy atom. The Morgan fingerprint density at radius 3 is 2.73 bits per heavy atom. The van der Waals surface area contributed by atoms with Crippen LogP contribution in [0.1, 0.15) is 45.0 Å². The molecule has 0 N–H and O–H groups in total. The summed E-state index contributed by atoms with van der Waals surface area (Å²) < 4.78 is 8.31. The lowest BCUT2D eigenvalue weighted by molar-refractivity contribution is -0.118. The van der Waals surface area contributed by atoms with Crippen molar-refractivity contribution in [2.75, 3.05) is 10.7 Å². The molecule has 1 amide bonds. The van der Waals surface area contributed by atoms with Gasteiger partial charge in [-0.3, -0.25) is 9.69 Å². The molecule has 1 aliphatic rings. The molecule has 1 atom stereocenters. The summed E-state index contributed by atoms with van der Waals surface area (Å²) in [5.41, 5.74) is 2.91. The second kappa shape index (κ2) is 8.87. The van der Waals surface area contributed by atoms with Gasteiger partial charge < -0.3 is 9.30 Å². The molecule has 0 spiro atoms. The van der Waals surface area contributed by atoms with Crippen LogP contribution in [-0.2, 0) is 11.8 Å². The molecule has 0 aliphatic carbocycles. The Labute approximate surface area is 180 Å². The fraction of sp³-hybridized carbons (Fsp3) is 0.364. The minimum absolute atomic E-state index is 0.122. The lowest BCUT2D eigenvalue weighted by atomic mass is 10.1. The number of benzene rings is 1. The number of ether oxygens (including phenoxy) is 1. The average Bonchev–Trinajstić information content (AvgIpc) is 3.10. The van der Waals surface area contributed by atoms with Crippen LogP contribution in [0, 0.1) is 0 Å². The van der Waals surface area contributed by atoms with E-state index in [0.717, 1.165) is 29.1 Å². The van der Waals surface area contributed by atoms with Gasteiger partial charge in [0.1, 0.15) is 0 Å². The topological polar surface area (TPSA) is 73.1 Å². The molecule has 2 aromatic heterocycles. The SMILES string of the molecule is CCCCCSc1nnc2c(n1)O[C@H](c1cccn1C)N(C(C)=O)c1ccccc1-2. The molecule has 0 saturated heterocycles. The minimum atomic E-state index is -0.653. The molecule has 4 rings (SSSR count). The summed E-state index contributed by atoms with van der Waals surface area (Å²) in [6, 6.07) is 11.5. The molecule has 0 bridgehead atoms. The van der Waals surface area contributed by atoms with Gasteiger partial charge in [-0.25, -0.2) is 0 Å². The Balaban J connectivity index is 1.80. The number of carbonyl (C=O) groups is 1. The van der Waals surface area contributed by atoms with Crippen LogP contribution in [-0.4, -0.2) is 31.4 Å². The maximum Gasteiger partial charge on any atom is 0.247 e. The Hall–Kier alpha value is -2.87. The number of fused-ring (bicyclic) bond motifs is 3. The van der Waals surface area contributed by atoms with Gasteiger partial charge in [0.15, 0.2) is 5.69 Å². The number of amides is 1. The predicted octanol–water partition coefficient (Wildman–Crippen LogP) is 4.60. The smallest absolute Gasteiger partial charge is 0.247 e. The molecule has 30 heavy (non-hydrogen) atoms. The molecule has 1 aromatic carbocycles. The van der Waals surface area contributed by atoms with Crippen molar-refractivity contribution in [3.63, 3.8) is 0 Å². The van der Waals surface area contributed by atoms with E-state index >= 15 is 0 Å². The van der Waals surface area contributed by atoms with E-state index in [1.807, 2.05) is 54.2 Å². The highest BCUT2D eigenvalue weighted by molar-refractivity contribution is 7.99. The first-order valence-electron chi connectivity index (χ1n) is 10.1. The molecule has 0 saturated carbocycles. The molecular formula is C22H25N5O2S. The zero-order valence-electron chi connectivity index (χ0n) is 17.4. The van der Waals surface area contributed by atoms with Gasteiger partial charge in [0.05, 0.1) is 11.4 Å². The number of thioether (sulfide) groups is 1. The minimum Gasteiger partial charge on any atom is -0.445 e. The number of anilines is 1. The summed E-state index contributed by atoms with van der Waals surface area (Å²) in [5.74, 6) is 1.21. The molecule has 1 aliphatic heterocycles. The zero-order valence-corrected chi connectivity index (χ0v) is 18.2. The maximum absolute atomic E-state index is 12.7. The van der Waals surface area contributed by atoms with E-state index in [9.17, 15) is 4.79 Å². The van der Waals surface area contributed by atoms with Crippen LogP contribution in [0.4, 0.5) is 5.69 Å². The monoisotopic (exact) mass is 423 g/mol. The molecule has 3 heterocycles. The number of nitrogens with zero attached hydrogens (tertiary/aromatic N) is 5. The van der Waals surface area contributed by atoms with Crippen molar-refractivity contribution in [1.82, 2.24) is 19.7 Å². The normalized spacial score (nSPS) is 15.2. The van der Waals surface area contributed by atoms with Gasteiger partial charge in [-0.05, 0) is 24.6 Å². The zero-order chi connectivity index (χ0) is 21.1.